The van der Waals surface area contributed by atoms with Crippen LogP contribution < -0.4 is 15.1 Å². The van der Waals surface area contributed by atoms with Gasteiger partial charge in [0.15, 0.2) is 11.4 Å². The van der Waals surface area contributed by atoms with Crippen molar-refractivity contribution >= 4 is 39.9 Å². The normalized spacial score (nSPS) is 10.9. The maximum atomic E-state index is 12.8. The van der Waals surface area contributed by atoms with Crippen LogP contribution in [0.15, 0.2) is 95.4 Å². The number of nitrogens with zero attached hydrogens (tertiary/aromatic N) is 3. The van der Waals surface area contributed by atoms with Gasteiger partial charge in [-0.3, -0.25) is 9.59 Å². The van der Waals surface area contributed by atoms with E-state index < -0.39 is 0 Å². The van der Waals surface area contributed by atoms with Gasteiger partial charge in [-0.05, 0) is 90.5 Å². The second-order valence-electron chi connectivity index (χ2n) is 9.84. The Morgan fingerprint density at radius 2 is 1.33 bits per heavy atom. The van der Waals surface area contributed by atoms with Gasteiger partial charge in [-0.25, -0.2) is 4.98 Å². The third kappa shape index (κ3) is 5.83. The first-order chi connectivity index (χ1) is 18.8. The van der Waals surface area contributed by atoms with E-state index >= 15 is 0 Å². The van der Waals surface area contributed by atoms with E-state index in [-0.39, 0.29) is 18.1 Å². The molecule has 0 radical (unpaired) electrons. The number of amides is 1. The fourth-order valence-corrected chi connectivity index (χ4v) is 4.25. The molecule has 0 atom stereocenters. The van der Waals surface area contributed by atoms with E-state index in [9.17, 15) is 9.59 Å². The molecule has 0 aliphatic carbocycles. The van der Waals surface area contributed by atoms with E-state index in [0.29, 0.717) is 28.1 Å². The number of ketones is 1. The zero-order valence-electron chi connectivity index (χ0n) is 22.4. The van der Waals surface area contributed by atoms with Gasteiger partial charge in [0.05, 0.1) is 0 Å². The minimum Gasteiger partial charge on any atom is -0.436 e. The van der Waals surface area contributed by atoms with Crippen LogP contribution in [0.1, 0.15) is 26.3 Å². The third-order valence-corrected chi connectivity index (χ3v) is 6.56. The number of nitrogens with one attached hydrogen (secondary N) is 1. The highest BCUT2D eigenvalue weighted by atomic mass is 16.3. The Labute approximate surface area is 227 Å². The molecule has 0 aliphatic heterocycles. The molecule has 4 aromatic carbocycles. The van der Waals surface area contributed by atoms with E-state index in [1.165, 1.54) is 0 Å². The van der Waals surface area contributed by atoms with Crippen molar-refractivity contribution in [2.75, 3.05) is 43.3 Å². The fraction of sp³-hybridized carbons (Fsp3) is 0.156. The summed E-state index contributed by atoms with van der Waals surface area (Å²) in [7, 11) is 7.88. The topological polar surface area (TPSA) is 78.7 Å². The number of anilines is 3. The van der Waals surface area contributed by atoms with Gasteiger partial charge in [0.2, 0.25) is 5.89 Å². The molecule has 0 saturated carbocycles. The van der Waals surface area contributed by atoms with Gasteiger partial charge in [0.1, 0.15) is 5.52 Å². The zero-order chi connectivity index (χ0) is 27.5. The molecule has 0 spiro atoms. The molecule has 5 aromatic rings. The van der Waals surface area contributed by atoms with Gasteiger partial charge >= 0.3 is 0 Å². The van der Waals surface area contributed by atoms with Crippen LogP contribution in [-0.2, 0) is 6.42 Å². The highest BCUT2D eigenvalue weighted by molar-refractivity contribution is 6.04. The van der Waals surface area contributed by atoms with Crippen LogP contribution in [0.4, 0.5) is 17.1 Å². The smallest absolute Gasteiger partial charge is 0.255 e. The Morgan fingerprint density at radius 1 is 0.744 bits per heavy atom. The minimum absolute atomic E-state index is 0.0471. The Morgan fingerprint density at radius 3 is 1.95 bits per heavy atom. The molecule has 0 unspecified atom stereocenters. The van der Waals surface area contributed by atoms with Crippen LogP contribution in [0.25, 0.3) is 22.6 Å². The van der Waals surface area contributed by atoms with E-state index in [0.717, 1.165) is 28.2 Å². The Kier molecular flexibility index (Phi) is 7.14. The molecular weight excluding hydrogens is 488 g/mol. The molecule has 7 nitrogen and oxygen atoms in total. The number of Topliss-reactive ketones (excluding diaryl/α,β-unsaturated/α-hetero) is 1. The quantitative estimate of drug-likeness (QED) is 0.243. The lowest BCUT2D eigenvalue weighted by molar-refractivity contribution is 0.0991. The first-order valence-corrected chi connectivity index (χ1v) is 12.7. The first kappa shape index (κ1) is 25.7. The molecule has 0 bridgehead atoms. The monoisotopic (exact) mass is 518 g/mol. The summed E-state index contributed by atoms with van der Waals surface area (Å²) in [5, 5.41) is 2.92. The minimum atomic E-state index is -0.192. The summed E-state index contributed by atoms with van der Waals surface area (Å²) in [5.41, 5.74) is 7.00. The molecule has 0 fully saturated rings. The lowest BCUT2D eigenvalue weighted by Gasteiger charge is -2.13. The summed E-state index contributed by atoms with van der Waals surface area (Å²) >= 11 is 0. The lowest BCUT2D eigenvalue weighted by atomic mass is 10.0. The van der Waals surface area contributed by atoms with E-state index in [4.69, 9.17) is 4.42 Å². The second-order valence-corrected chi connectivity index (χ2v) is 9.84. The zero-order valence-corrected chi connectivity index (χ0v) is 22.4. The number of hydrogen-bond acceptors (Lipinski definition) is 6. The van der Waals surface area contributed by atoms with E-state index in [1.807, 2.05) is 117 Å². The molecule has 1 aromatic heterocycles. The maximum Gasteiger partial charge on any atom is 0.255 e. The SMILES string of the molecule is CN(C)c1ccc(NC(=O)c2ccc(-c3nc4cc(CC(=O)c5ccc(N(C)C)cc5)ccc4o3)cc2)cc1. The number of carbonyl (C=O) groups is 2. The van der Waals surface area contributed by atoms with Crippen molar-refractivity contribution in [2.45, 2.75) is 6.42 Å². The summed E-state index contributed by atoms with van der Waals surface area (Å²) in [6.45, 7) is 0. The van der Waals surface area contributed by atoms with Gasteiger partial charge in [-0.15, -0.1) is 0 Å². The van der Waals surface area contributed by atoms with Crippen LogP contribution in [0, 0.1) is 0 Å². The average molecular weight is 519 g/mol. The van der Waals surface area contributed by atoms with Crippen molar-refractivity contribution in [3.05, 3.63) is 108 Å². The Hall–Kier alpha value is -4.91. The van der Waals surface area contributed by atoms with Crippen LogP contribution in [0.2, 0.25) is 0 Å². The number of fused-ring (bicyclic) bond motifs is 1. The molecule has 1 N–H and O–H groups in total. The summed E-state index contributed by atoms with van der Waals surface area (Å²) in [5.74, 6) is 0.312. The van der Waals surface area contributed by atoms with Gasteiger partial charge in [-0.2, -0.15) is 0 Å². The molecule has 1 heterocycles. The average Bonchev–Trinajstić information content (AvgIpc) is 3.37. The van der Waals surface area contributed by atoms with Crippen molar-refractivity contribution in [1.29, 1.82) is 0 Å². The van der Waals surface area contributed by atoms with Crippen LogP contribution in [0.3, 0.4) is 0 Å². The van der Waals surface area contributed by atoms with Crippen molar-refractivity contribution < 1.29 is 14.0 Å². The van der Waals surface area contributed by atoms with Crippen molar-refractivity contribution in [3.8, 4) is 11.5 Å². The number of aromatic nitrogens is 1. The summed E-state index contributed by atoms with van der Waals surface area (Å²) in [6, 6.07) is 28.0. The van der Waals surface area contributed by atoms with Gasteiger partial charge in [-0.1, -0.05) is 6.07 Å². The fourth-order valence-electron chi connectivity index (χ4n) is 4.25. The molecule has 5 rings (SSSR count). The number of oxazole rings is 1. The number of hydrogen-bond donors (Lipinski definition) is 1. The molecule has 7 heteroatoms. The van der Waals surface area contributed by atoms with Crippen LogP contribution in [-0.4, -0.2) is 44.9 Å². The number of carbonyl (C=O) groups excluding carboxylic acids is 2. The maximum absolute atomic E-state index is 12.8. The summed E-state index contributed by atoms with van der Waals surface area (Å²) in [6.07, 6.45) is 0.279. The van der Waals surface area contributed by atoms with E-state index in [2.05, 4.69) is 10.3 Å². The summed E-state index contributed by atoms with van der Waals surface area (Å²) < 4.78 is 5.96. The third-order valence-electron chi connectivity index (χ3n) is 6.56. The van der Waals surface area contributed by atoms with Crippen LogP contribution in [0.5, 0.6) is 0 Å². The molecule has 1 amide bonds. The lowest BCUT2D eigenvalue weighted by Crippen LogP contribution is -2.12. The largest absolute Gasteiger partial charge is 0.436 e. The molecule has 39 heavy (non-hydrogen) atoms. The van der Waals surface area contributed by atoms with Crippen LogP contribution >= 0.6 is 0 Å². The van der Waals surface area contributed by atoms with E-state index in [1.54, 1.807) is 12.1 Å². The molecule has 0 aliphatic rings. The predicted molar refractivity (Wildman–Crippen MR) is 157 cm³/mol. The van der Waals surface area contributed by atoms with Crippen molar-refractivity contribution in [1.82, 2.24) is 4.98 Å². The standard InChI is InChI=1S/C32H30N4O3/c1-35(2)26-14-10-22(11-15-26)29(37)20-21-5-18-30-28(19-21)34-32(39-30)24-8-6-23(7-9-24)31(38)33-25-12-16-27(17-13-25)36(3)4/h5-19H,20H2,1-4H3,(H,33,38). The van der Waals surface area contributed by atoms with Gasteiger partial charge < -0.3 is 19.5 Å². The van der Waals surface area contributed by atoms with Crippen molar-refractivity contribution in [3.63, 3.8) is 0 Å². The molecule has 196 valence electrons. The van der Waals surface area contributed by atoms with Gasteiger partial charge in [0.25, 0.3) is 5.91 Å². The number of benzene rings is 4. The Balaban J connectivity index is 1.26. The number of rotatable bonds is 8. The molecular formula is C32H30N4O3. The predicted octanol–water partition coefficient (Wildman–Crippen LogP) is 6.30. The second kappa shape index (κ2) is 10.8. The highest BCUT2D eigenvalue weighted by Crippen LogP contribution is 2.26. The Bertz CT molecular complexity index is 1620. The highest BCUT2D eigenvalue weighted by Gasteiger charge is 2.13. The van der Waals surface area contributed by atoms with Gasteiger partial charge in [0, 0.05) is 68.4 Å². The van der Waals surface area contributed by atoms with Crippen molar-refractivity contribution in [2.24, 2.45) is 0 Å². The first-order valence-electron chi connectivity index (χ1n) is 12.7. The molecule has 0 saturated heterocycles. The summed E-state index contributed by atoms with van der Waals surface area (Å²) in [4.78, 5) is 34.1.